The Hall–Kier alpha value is -1.11. The second kappa shape index (κ2) is 50.1. The molecule has 10 heteroatoms. The third-order valence-corrected chi connectivity index (χ3v) is 15.0. The fourth-order valence-electron chi connectivity index (χ4n) is 10.0. The van der Waals surface area contributed by atoms with Gasteiger partial charge in [-0.25, -0.2) is 0 Å². The SMILES string of the molecule is CCCCCCCCCCCCCC/C=C\CCCCCCCCCCCCCCCCCCC(O)C(=O)NC(COC1OC(CO)C(O)C(O)C1O)C(O)CCCCCCCCCCCCCCC. The highest BCUT2D eigenvalue weighted by Gasteiger charge is 2.44. The van der Waals surface area contributed by atoms with Crippen LogP contribution < -0.4 is 5.32 Å². The van der Waals surface area contributed by atoms with Crippen LogP contribution in [0.1, 0.15) is 303 Å². The Bertz CT molecular complexity index is 1130. The van der Waals surface area contributed by atoms with Gasteiger partial charge in [-0.15, -0.1) is 0 Å². The normalized spacial score (nSPS) is 19.8. The number of carbonyl (C=O) groups is 1. The maximum Gasteiger partial charge on any atom is 0.249 e. The van der Waals surface area contributed by atoms with Crippen molar-refractivity contribution in [1.29, 1.82) is 0 Å². The molecule has 1 amide bonds. The summed E-state index contributed by atoms with van der Waals surface area (Å²) in [5.74, 6) is -0.579. The van der Waals surface area contributed by atoms with Crippen LogP contribution in [0, 0.1) is 0 Å². The van der Waals surface area contributed by atoms with Gasteiger partial charge in [0.25, 0.3) is 0 Å². The number of rotatable bonds is 53. The Kier molecular flexibility index (Phi) is 47.9. The number of hydrogen-bond acceptors (Lipinski definition) is 9. The summed E-state index contributed by atoms with van der Waals surface area (Å²) in [5, 5.41) is 65.2. The zero-order chi connectivity index (χ0) is 51.0. The van der Waals surface area contributed by atoms with E-state index in [1.165, 1.54) is 231 Å². The van der Waals surface area contributed by atoms with E-state index in [0.717, 1.165) is 44.9 Å². The molecule has 0 bridgehead atoms. The first-order valence-electron chi connectivity index (χ1n) is 30.5. The summed E-state index contributed by atoms with van der Waals surface area (Å²) in [6, 6.07) is -0.891. The zero-order valence-electron chi connectivity index (χ0n) is 45.9. The highest BCUT2D eigenvalue weighted by Crippen LogP contribution is 2.23. The lowest BCUT2D eigenvalue weighted by atomic mass is 9.99. The Morgan fingerprint density at radius 2 is 0.800 bits per heavy atom. The number of ether oxygens (including phenoxy) is 2. The molecule has 0 aromatic heterocycles. The first kappa shape index (κ1) is 66.9. The Morgan fingerprint density at radius 3 is 1.16 bits per heavy atom. The molecule has 0 saturated carbocycles. The molecule has 10 nitrogen and oxygen atoms in total. The van der Waals surface area contributed by atoms with Gasteiger partial charge in [-0.05, 0) is 38.5 Å². The van der Waals surface area contributed by atoms with E-state index in [4.69, 9.17) is 9.47 Å². The van der Waals surface area contributed by atoms with E-state index in [9.17, 15) is 35.4 Å². The van der Waals surface area contributed by atoms with Crippen molar-refractivity contribution in [3.63, 3.8) is 0 Å². The van der Waals surface area contributed by atoms with Crippen LogP contribution in [0.15, 0.2) is 12.2 Å². The molecule has 7 N–H and O–H groups in total. The molecule has 0 radical (unpaired) electrons. The molecule has 0 aromatic carbocycles. The molecule has 1 aliphatic rings. The summed E-state index contributed by atoms with van der Waals surface area (Å²) >= 11 is 0. The number of aliphatic hydroxyl groups excluding tert-OH is 6. The minimum Gasteiger partial charge on any atom is -0.394 e. The van der Waals surface area contributed by atoms with Gasteiger partial charge in [-0.3, -0.25) is 4.79 Å². The van der Waals surface area contributed by atoms with E-state index in [1.807, 2.05) is 0 Å². The maximum atomic E-state index is 13.1. The van der Waals surface area contributed by atoms with Crippen LogP contribution >= 0.6 is 0 Å². The van der Waals surface area contributed by atoms with Crippen LogP contribution in [0.2, 0.25) is 0 Å². The summed E-state index contributed by atoms with van der Waals surface area (Å²) < 4.78 is 11.2. The largest absolute Gasteiger partial charge is 0.394 e. The highest BCUT2D eigenvalue weighted by molar-refractivity contribution is 5.80. The summed E-state index contributed by atoms with van der Waals surface area (Å²) in [5.41, 5.74) is 0. The van der Waals surface area contributed by atoms with Gasteiger partial charge in [0.05, 0.1) is 25.4 Å². The number of carbonyl (C=O) groups excluding carboxylic acids is 1. The van der Waals surface area contributed by atoms with Crippen LogP contribution in [0.25, 0.3) is 0 Å². The third-order valence-electron chi connectivity index (χ3n) is 15.0. The van der Waals surface area contributed by atoms with Gasteiger partial charge in [0.2, 0.25) is 5.91 Å². The topological polar surface area (TPSA) is 169 Å². The lowest BCUT2D eigenvalue weighted by Crippen LogP contribution is -2.60. The van der Waals surface area contributed by atoms with E-state index in [1.54, 1.807) is 0 Å². The van der Waals surface area contributed by atoms with Crippen molar-refractivity contribution in [2.45, 2.75) is 352 Å². The number of nitrogens with one attached hydrogen (secondary N) is 1. The smallest absolute Gasteiger partial charge is 0.249 e. The van der Waals surface area contributed by atoms with Crippen molar-refractivity contribution in [2.75, 3.05) is 13.2 Å². The summed E-state index contributed by atoms with van der Waals surface area (Å²) in [4.78, 5) is 13.1. The summed E-state index contributed by atoms with van der Waals surface area (Å²) in [6.45, 7) is 3.70. The number of hydrogen-bond donors (Lipinski definition) is 7. The standard InChI is InChI=1S/C60H117NO9/c1-3-5-7-9-11-13-15-17-18-19-20-21-22-23-24-25-26-27-28-29-30-31-32-33-34-35-37-39-41-43-45-47-49-54(64)59(68)61-52(51-69-60-58(67)57(66)56(65)55(50-62)70-60)53(63)48-46-44-42-40-38-36-16-14-12-10-8-6-4-2/h23-24,52-58,60,62-67H,3-22,25-51H2,1-2H3,(H,61,68)/b24-23-. The van der Waals surface area contributed by atoms with Gasteiger partial charge < -0.3 is 45.4 Å². The zero-order valence-corrected chi connectivity index (χ0v) is 45.9. The molecule has 1 rings (SSSR count). The molecule has 8 unspecified atom stereocenters. The molecule has 1 saturated heterocycles. The first-order chi connectivity index (χ1) is 34.3. The fourth-order valence-corrected chi connectivity index (χ4v) is 10.0. The van der Waals surface area contributed by atoms with E-state index >= 15 is 0 Å². The average Bonchev–Trinajstić information content (AvgIpc) is 3.36. The number of unbranched alkanes of at least 4 members (excludes halogenated alkanes) is 40. The fraction of sp³-hybridized carbons (Fsp3) is 0.950. The second-order valence-electron chi connectivity index (χ2n) is 21.6. The number of aliphatic hydroxyl groups is 6. The molecule has 1 heterocycles. The van der Waals surface area contributed by atoms with Gasteiger partial charge in [-0.1, -0.05) is 276 Å². The molecule has 1 fully saturated rings. The number of allylic oxidation sites excluding steroid dienone is 2. The van der Waals surface area contributed by atoms with Crippen molar-refractivity contribution >= 4 is 5.91 Å². The monoisotopic (exact) mass is 996 g/mol. The van der Waals surface area contributed by atoms with Crippen LogP contribution in [-0.2, 0) is 14.3 Å². The van der Waals surface area contributed by atoms with Gasteiger partial charge in [-0.2, -0.15) is 0 Å². The van der Waals surface area contributed by atoms with E-state index in [0.29, 0.717) is 12.8 Å². The van der Waals surface area contributed by atoms with Gasteiger partial charge in [0, 0.05) is 0 Å². The van der Waals surface area contributed by atoms with E-state index < -0.39 is 61.5 Å². The van der Waals surface area contributed by atoms with Crippen molar-refractivity contribution < 1.29 is 44.9 Å². The van der Waals surface area contributed by atoms with Gasteiger partial charge in [0.1, 0.15) is 30.5 Å². The predicted octanol–water partition coefficient (Wildman–Crippen LogP) is 14.2. The van der Waals surface area contributed by atoms with Crippen LogP contribution in [0.3, 0.4) is 0 Å². The second-order valence-corrected chi connectivity index (χ2v) is 21.6. The van der Waals surface area contributed by atoms with Crippen molar-refractivity contribution in [3.05, 3.63) is 12.2 Å². The first-order valence-corrected chi connectivity index (χ1v) is 30.5. The number of amides is 1. The van der Waals surface area contributed by atoms with Crippen molar-refractivity contribution in [1.82, 2.24) is 5.32 Å². The molecule has 8 atom stereocenters. The van der Waals surface area contributed by atoms with E-state index in [2.05, 4.69) is 31.3 Å². The van der Waals surface area contributed by atoms with Crippen molar-refractivity contribution in [2.24, 2.45) is 0 Å². The molecule has 0 aromatic rings. The third kappa shape index (κ3) is 38.5. The maximum absolute atomic E-state index is 13.1. The minimum absolute atomic E-state index is 0.251. The lowest BCUT2D eigenvalue weighted by molar-refractivity contribution is -0.302. The van der Waals surface area contributed by atoms with Crippen molar-refractivity contribution in [3.8, 4) is 0 Å². The molecule has 1 aliphatic heterocycles. The quantitative estimate of drug-likeness (QED) is 0.0232. The van der Waals surface area contributed by atoms with Crippen LogP contribution in [-0.4, -0.2) is 98.7 Å². The Balaban J connectivity index is 2.12. The molecular weight excluding hydrogens is 879 g/mol. The summed E-state index contributed by atoms with van der Waals surface area (Å²) in [6.07, 6.45) is 51.6. The summed E-state index contributed by atoms with van der Waals surface area (Å²) in [7, 11) is 0. The van der Waals surface area contributed by atoms with E-state index in [-0.39, 0.29) is 6.61 Å². The van der Waals surface area contributed by atoms with Gasteiger partial charge >= 0.3 is 0 Å². The highest BCUT2D eigenvalue weighted by atomic mass is 16.7. The van der Waals surface area contributed by atoms with Gasteiger partial charge in [0.15, 0.2) is 6.29 Å². The Labute approximate surface area is 431 Å². The lowest BCUT2D eigenvalue weighted by Gasteiger charge is -2.40. The Morgan fingerprint density at radius 1 is 0.471 bits per heavy atom. The average molecular weight is 997 g/mol. The molecular formula is C60H117NO9. The molecule has 0 spiro atoms. The molecule has 70 heavy (non-hydrogen) atoms. The molecule has 0 aliphatic carbocycles. The predicted molar refractivity (Wildman–Crippen MR) is 292 cm³/mol. The minimum atomic E-state index is -1.59. The van der Waals surface area contributed by atoms with Crippen LogP contribution in [0.4, 0.5) is 0 Å². The van der Waals surface area contributed by atoms with Crippen LogP contribution in [0.5, 0.6) is 0 Å². The molecule has 416 valence electrons.